The number of likely N-dealkylation sites (tertiary alicyclic amines) is 1. The fourth-order valence-electron chi connectivity index (χ4n) is 6.78. The summed E-state index contributed by atoms with van der Waals surface area (Å²) in [5, 5.41) is 13.4. The Kier molecular flexibility index (Phi) is 8.87. The van der Waals surface area contributed by atoms with E-state index in [1.165, 1.54) is 51.4 Å². The van der Waals surface area contributed by atoms with Crippen LogP contribution in [0.2, 0.25) is 0 Å². The fourth-order valence-corrected chi connectivity index (χ4v) is 6.78. The van der Waals surface area contributed by atoms with Gasteiger partial charge in [0.2, 0.25) is 11.8 Å². The van der Waals surface area contributed by atoms with Crippen molar-refractivity contribution >= 4 is 11.8 Å². The Balaban J connectivity index is 1.44. The third-order valence-corrected chi connectivity index (χ3v) is 9.09. The Labute approximate surface area is 205 Å². The van der Waals surface area contributed by atoms with Gasteiger partial charge in [-0.3, -0.25) is 14.5 Å². The van der Waals surface area contributed by atoms with Crippen LogP contribution in [0.4, 0.5) is 0 Å². The van der Waals surface area contributed by atoms with Gasteiger partial charge in [0.05, 0.1) is 19.3 Å². The van der Waals surface area contributed by atoms with Crippen molar-refractivity contribution in [2.75, 3.05) is 39.4 Å². The van der Waals surface area contributed by atoms with Gasteiger partial charge in [-0.2, -0.15) is 5.26 Å². The molecule has 4 fully saturated rings. The fraction of sp³-hybridized carbons (Fsp3) is 0.889. The maximum absolute atomic E-state index is 13.8. The van der Waals surface area contributed by atoms with Gasteiger partial charge in [-0.1, -0.05) is 58.3 Å². The lowest BCUT2D eigenvalue weighted by Crippen LogP contribution is -2.54. The van der Waals surface area contributed by atoms with Crippen LogP contribution in [0, 0.1) is 29.1 Å². The summed E-state index contributed by atoms with van der Waals surface area (Å²) in [6.45, 7) is 5.97. The minimum Gasteiger partial charge on any atom is -0.378 e. The zero-order valence-electron chi connectivity index (χ0n) is 21.1. The molecule has 2 amide bonds. The van der Waals surface area contributed by atoms with Crippen molar-refractivity contribution in [3.8, 4) is 6.07 Å². The van der Waals surface area contributed by atoms with Crippen molar-refractivity contribution in [2.24, 2.45) is 17.8 Å². The van der Waals surface area contributed by atoms with E-state index in [9.17, 15) is 14.9 Å². The van der Waals surface area contributed by atoms with Crippen LogP contribution in [0.15, 0.2) is 0 Å². The van der Waals surface area contributed by atoms with Crippen molar-refractivity contribution < 1.29 is 14.3 Å². The summed E-state index contributed by atoms with van der Waals surface area (Å²) in [7, 11) is 0. The molecule has 2 saturated heterocycles. The van der Waals surface area contributed by atoms with Gasteiger partial charge in [-0.15, -0.1) is 0 Å². The lowest BCUT2D eigenvalue weighted by atomic mass is 9.73. The van der Waals surface area contributed by atoms with Crippen LogP contribution < -0.4 is 5.32 Å². The molecule has 2 saturated carbocycles. The predicted octanol–water partition coefficient (Wildman–Crippen LogP) is 3.48. The SMILES string of the molecule is CC(C1CCCCC1)C(CC(=O)N1CCOCC1)C(=O)NC1(C#N)CCN(C2CCCCC2)C1. The summed E-state index contributed by atoms with van der Waals surface area (Å²) in [6.07, 6.45) is 13.1. The number of ether oxygens (including phenoxy) is 1. The number of hydrogen-bond donors (Lipinski definition) is 1. The summed E-state index contributed by atoms with van der Waals surface area (Å²) >= 11 is 0. The molecule has 7 nitrogen and oxygen atoms in total. The normalized spacial score (nSPS) is 29.4. The van der Waals surface area contributed by atoms with Gasteiger partial charge in [0.25, 0.3) is 0 Å². The van der Waals surface area contributed by atoms with Gasteiger partial charge >= 0.3 is 0 Å². The molecule has 0 aromatic rings. The van der Waals surface area contributed by atoms with Gasteiger partial charge in [0.15, 0.2) is 0 Å². The molecule has 7 heteroatoms. The number of carbonyl (C=O) groups excluding carboxylic acids is 2. The zero-order valence-corrected chi connectivity index (χ0v) is 21.1. The number of nitriles is 1. The molecule has 3 atom stereocenters. The topological polar surface area (TPSA) is 85.7 Å². The summed E-state index contributed by atoms with van der Waals surface area (Å²) in [6, 6.07) is 3.02. The molecule has 4 rings (SSSR count). The molecule has 1 N–H and O–H groups in total. The van der Waals surface area contributed by atoms with Crippen molar-refractivity contribution in [1.29, 1.82) is 5.26 Å². The van der Waals surface area contributed by atoms with Crippen molar-refractivity contribution in [1.82, 2.24) is 15.1 Å². The first-order valence-electron chi connectivity index (χ1n) is 13.8. The predicted molar refractivity (Wildman–Crippen MR) is 131 cm³/mol. The summed E-state index contributed by atoms with van der Waals surface area (Å²) in [4.78, 5) is 31.2. The molecule has 0 aromatic heterocycles. The van der Waals surface area contributed by atoms with Gasteiger partial charge < -0.3 is 15.0 Å². The Morgan fingerprint density at radius 2 is 1.68 bits per heavy atom. The van der Waals surface area contributed by atoms with E-state index < -0.39 is 5.54 Å². The number of rotatable bonds is 7. The first-order chi connectivity index (χ1) is 16.5. The molecule has 2 aliphatic heterocycles. The van der Waals surface area contributed by atoms with Crippen LogP contribution >= 0.6 is 0 Å². The van der Waals surface area contributed by atoms with Crippen LogP contribution in [-0.2, 0) is 14.3 Å². The molecule has 0 bridgehead atoms. The minimum absolute atomic E-state index is 0.0485. The van der Waals surface area contributed by atoms with Gasteiger partial charge in [0, 0.05) is 44.6 Å². The number of carbonyl (C=O) groups is 2. The van der Waals surface area contributed by atoms with Crippen LogP contribution in [0.1, 0.15) is 84.0 Å². The molecule has 3 unspecified atom stereocenters. The summed E-state index contributed by atoms with van der Waals surface area (Å²) in [5.74, 6) is 0.186. The van der Waals surface area contributed by atoms with Crippen LogP contribution in [0.25, 0.3) is 0 Å². The minimum atomic E-state index is -0.832. The van der Waals surface area contributed by atoms with Crippen molar-refractivity contribution in [3.05, 3.63) is 0 Å². The number of nitrogens with zero attached hydrogens (tertiary/aromatic N) is 3. The van der Waals surface area contributed by atoms with E-state index in [1.807, 2.05) is 4.90 Å². The highest BCUT2D eigenvalue weighted by molar-refractivity contribution is 5.86. The van der Waals surface area contributed by atoms with Crippen molar-refractivity contribution in [3.63, 3.8) is 0 Å². The number of hydrogen-bond acceptors (Lipinski definition) is 5. The summed E-state index contributed by atoms with van der Waals surface area (Å²) < 4.78 is 5.41. The second-order valence-corrected chi connectivity index (χ2v) is 11.3. The summed E-state index contributed by atoms with van der Waals surface area (Å²) in [5.41, 5.74) is -0.832. The standard InChI is InChI=1S/C27H44N4O3/c1-21(22-8-4-2-5-9-22)24(18-25(32)30-14-16-34-17-15-30)26(33)29-27(19-28)12-13-31(20-27)23-10-6-3-7-11-23/h21-24H,2-18,20H2,1H3,(H,29,33). The van der Waals surface area contributed by atoms with Crippen molar-refractivity contribution in [2.45, 2.75) is 95.6 Å². The average Bonchev–Trinajstić information content (AvgIpc) is 3.32. The molecule has 2 heterocycles. The molecule has 190 valence electrons. The van der Waals surface area contributed by atoms with E-state index in [2.05, 4.69) is 23.2 Å². The van der Waals surface area contributed by atoms with Gasteiger partial charge in [0.1, 0.15) is 5.54 Å². The van der Waals surface area contributed by atoms with Crippen LogP contribution in [-0.4, -0.2) is 72.6 Å². The van der Waals surface area contributed by atoms with Gasteiger partial charge in [-0.05, 0) is 31.1 Å². The van der Waals surface area contributed by atoms with E-state index in [0.29, 0.717) is 51.2 Å². The third kappa shape index (κ3) is 6.12. The first-order valence-corrected chi connectivity index (χ1v) is 13.8. The quantitative estimate of drug-likeness (QED) is 0.613. The molecule has 0 aromatic carbocycles. The number of amides is 2. The highest BCUT2D eigenvalue weighted by atomic mass is 16.5. The Bertz CT molecular complexity index is 735. The maximum atomic E-state index is 13.8. The lowest BCUT2D eigenvalue weighted by molar-refractivity contribution is -0.141. The Hall–Kier alpha value is -1.65. The molecular weight excluding hydrogens is 428 g/mol. The van der Waals surface area contributed by atoms with E-state index in [1.54, 1.807) is 0 Å². The largest absolute Gasteiger partial charge is 0.378 e. The molecular formula is C27H44N4O3. The highest BCUT2D eigenvalue weighted by Gasteiger charge is 2.44. The molecule has 0 radical (unpaired) electrons. The number of morpholine rings is 1. The van der Waals surface area contributed by atoms with Crippen LogP contribution in [0.5, 0.6) is 0 Å². The first kappa shape index (κ1) is 25.4. The van der Waals surface area contributed by atoms with E-state index in [0.717, 1.165) is 19.4 Å². The molecule has 4 aliphatic rings. The Morgan fingerprint density at radius 1 is 1.03 bits per heavy atom. The number of nitrogens with one attached hydrogen (secondary N) is 1. The van der Waals surface area contributed by atoms with E-state index in [-0.39, 0.29) is 30.1 Å². The van der Waals surface area contributed by atoms with E-state index >= 15 is 0 Å². The second kappa shape index (κ2) is 11.9. The van der Waals surface area contributed by atoms with E-state index in [4.69, 9.17) is 4.74 Å². The monoisotopic (exact) mass is 472 g/mol. The van der Waals surface area contributed by atoms with Crippen LogP contribution in [0.3, 0.4) is 0 Å². The highest BCUT2D eigenvalue weighted by Crippen LogP contribution is 2.36. The maximum Gasteiger partial charge on any atom is 0.225 e. The molecule has 2 aliphatic carbocycles. The lowest BCUT2D eigenvalue weighted by Gasteiger charge is -2.36. The molecule has 34 heavy (non-hydrogen) atoms. The average molecular weight is 473 g/mol. The Morgan fingerprint density at radius 3 is 2.32 bits per heavy atom. The zero-order chi connectivity index (χ0) is 24.0. The smallest absolute Gasteiger partial charge is 0.225 e. The second-order valence-electron chi connectivity index (χ2n) is 11.3. The van der Waals surface area contributed by atoms with Gasteiger partial charge in [-0.25, -0.2) is 0 Å². The third-order valence-electron chi connectivity index (χ3n) is 9.09. The molecule has 0 spiro atoms.